The van der Waals surface area contributed by atoms with Crippen LogP contribution in [0.3, 0.4) is 0 Å². The van der Waals surface area contributed by atoms with Crippen LogP contribution in [0, 0.1) is 0 Å². The zero-order chi connectivity index (χ0) is 24.8. The maximum atomic E-state index is 12.5. The molecule has 3 aromatic carbocycles. The largest absolute Gasteiger partial charge is 0.497 e. The summed E-state index contributed by atoms with van der Waals surface area (Å²) in [6.45, 7) is 0. The monoisotopic (exact) mass is 543 g/mol. The lowest BCUT2D eigenvalue weighted by molar-refractivity contribution is -0.113. The number of nitrogens with one attached hydrogen (secondary N) is 2. The molecular weight excluding hydrogens is 525 g/mol. The van der Waals surface area contributed by atoms with Gasteiger partial charge in [0.1, 0.15) is 5.75 Å². The standard InChI is InChI=1S/C25H19Cl2N3O3S2/c1-33-18-6-2-4-15(10-18)22-13-35-25(29-22)30-23(31)14-34-19-7-3-5-17(12-19)28-24(32)20-9-8-16(26)11-21(20)27/h2-13H,14H2,1H3,(H,28,32)(H,29,30,31). The fourth-order valence-electron chi connectivity index (χ4n) is 3.09. The van der Waals surface area contributed by atoms with Gasteiger partial charge < -0.3 is 15.4 Å². The average Bonchev–Trinajstić information content (AvgIpc) is 3.31. The summed E-state index contributed by atoms with van der Waals surface area (Å²) in [6.07, 6.45) is 0. The second kappa shape index (κ2) is 11.6. The van der Waals surface area contributed by atoms with Crippen LogP contribution < -0.4 is 15.4 Å². The Bertz CT molecular complexity index is 1380. The minimum atomic E-state index is -0.345. The van der Waals surface area contributed by atoms with Crippen molar-refractivity contribution in [2.24, 2.45) is 0 Å². The average molecular weight is 544 g/mol. The molecule has 0 saturated heterocycles. The predicted molar refractivity (Wildman–Crippen MR) is 144 cm³/mol. The second-order valence-corrected chi connectivity index (χ2v) is 9.96. The van der Waals surface area contributed by atoms with Crippen molar-refractivity contribution in [3.8, 4) is 17.0 Å². The molecule has 2 N–H and O–H groups in total. The second-order valence-electron chi connectivity index (χ2n) is 7.21. The minimum absolute atomic E-state index is 0.177. The van der Waals surface area contributed by atoms with Crippen molar-refractivity contribution < 1.29 is 14.3 Å². The van der Waals surface area contributed by atoms with Crippen LogP contribution in [-0.4, -0.2) is 29.7 Å². The molecular formula is C25H19Cl2N3O3S2. The Hall–Kier alpha value is -3.04. The topological polar surface area (TPSA) is 80.3 Å². The zero-order valence-electron chi connectivity index (χ0n) is 18.4. The van der Waals surface area contributed by atoms with Gasteiger partial charge >= 0.3 is 0 Å². The van der Waals surface area contributed by atoms with E-state index >= 15 is 0 Å². The SMILES string of the molecule is COc1cccc(-c2csc(NC(=O)CSc3cccc(NC(=O)c4ccc(Cl)cc4Cl)c3)n2)c1. The number of ether oxygens (including phenoxy) is 1. The van der Waals surface area contributed by atoms with Crippen molar-refractivity contribution in [3.63, 3.8) is 0 Å². The lowest BCUT2D eigenvalue weighted by Crippen LogP contribution is -2.14. The van der Waals surface area contributed by atoms with Crippen molar-refractivity contribution in [3.05, 3.63) is 87.7 Å². The first-order valence-electron chi connectivity index (χ1n) is 10.3. The lowest BCUT2D eigenvalue weighted by Gasteiger charge is -2.09. The number of anilines is 2. The number of nitrogens with zero attached hydrogens (tertiary/aromatic N) is 1. The van der Waals surface area contributed by atoms with Gasteiger partial charge in [-0.15, -0.1) is 23.1 Å². The van der Waals surface area contributed by atoms with E-state index in [1.54, 1.807) is 37.4 Å². The van der Waals surface area contributed by atoms with Gasteiger partial charge in [0, 0.05) is 26.5 Å². The number of hydrogen-bond acceptors (Lipinski definition) is 6. The summed E-state index contributed by atoms with van der Waals surface area (Å²) >= 11 is 14.7. The van der Waals surface area contributed by atoms with E-state index in [-0.39, 0.29) is 22.6 Å². The summed E-state index contributed by atoms with van der Waals surface area (Å²) < 4.78 is 5.25. The van der Waals surface area contributed by atoms with Crippen molar-refractivity contribution in [2.45, 2.75) is 4.90 Å². The molecule has 6 nitrogen and oxygen atoms in total. The van der Waals surface area contributed by atoms with E-state index in [1.807, 2.05) is 35.7 Å². The highest BCUT2D eigenvalue weighted by atomic mass is 35.5. The van der Waals surface area contributed by atoms with Crippen molar-refractivity contribution in [2.75, 3.05) is 23.5 Å². The molecule has 1 aromatic heterocycles. The summed E-state index contributed by atoms with van der Waals surface area (Å²) in [5.74, 6) is 0.410. The van der Waals surface area contributed by atoms with Gasteiger partial charge in [-0.1, -0.05) is 41.4 Å². The summed E-state index contributed by atoms with van der Waals surface area (Å²) in [5.41, 5.74) is 2.59. The van der Waals surface area contributed by atoms with Gasteiger partial charge in [-0.3, -0.25) is 9.59 Å². The van der Waals surface area contributed by atoms with Crippen molar-refractivity contribution >= 4 is 68.9 Å². The van der Waals surface area contributed by atoms with Crippen LogP contribution in [0.15, 0.2) is 77.0 Å². The highest BCUT2D eigenvalue weighted by Gasteiger charge is 2.12. The number of carbonyl (C=O) groups is 2. The molecule has 0 aliphatic carbocycles. The molecule has 1 heterocycles. The number of carbonyl (C=O) groups excluding carboxylic acids is 2. The quantitative estimate of drug-likeness (QED) is 0.231. The maximum absolute atomic E-state index is 12.5. The van der Waals surface area contributed by atoms with Crippen LogP contribution in [0.4, 0.5) is 10.8 Å². The van der Waals surface area contributed by atoms with Gasteiger partial charge in [-0.25, -0.2) is 4.98 Å². The van der Waals surface area contributed by atoms with E-state index in [2.05, 4.69) is 15.6 Å². The third kappa shape index (κ3) is 6.76. The van der Waals surface area contributed by atoms with Gasteiger partial charge in [0.05, 0.1) is 29.1 Å². The highest BCUT2D eigenvalue weighted by molar-refractivity contribution is 8.00. The molecule has 0 spiro atoms. The summed E-state index contributed by atoms with van der Waals surface area (Å²) in [6, 6.07) is 19.5. The molecule has 2 amide bonds. The Morgan fingerprint density at radius 1 is 1.03 bits per heavy atom. The van der Waals surface area contributed by atoms with Crippen LogP contribution in [0.5, 0.6) is 5.75 Å². The number of methoxy groups -OCH3 is 1. The Labute approximate surface area is 220 Å². The molecule has 4 aromatic rings. The van der Waals surface area contributed by atoms with Gasteiger partial charge in [-0.05, 0) is 48.5 Å². The predicted octanol–water partition coefficient (Wildman–Crippen LogP) is 7.11. The number of rotatable bonds is 8. The molecule has 0 fully saturated rings. The molecule has 35 heavy (non-hydrogen) atoms. The van der Waals surface area contributed by atoms with Crippen molar-refractivity contribution in [1.82, 2.24) is 4.98 Å². The smallest absolute Gasteiger partial charge is 0.257 e. The first-order chi connectivity index (χ1) is 16.9. The first kappa shape index (κ1) is 25.1. The molecule has 178 valence electrons. The van der Waals surface area contributed by atoms with Gasteiger partial charge in [0.2, 0.25) is 5.91 Å². The summed E-state index contributed by atoms with van der Waals surface area (Å²) in [5, 5.41) is 8.78. The fraction of sp³-hybridized carbons (Fsp3) is 0.0800. The molecule has 0 bridgehead atoms. The van der Waals surface area contributed by atoms with Gasteiger partial charge in [0.25, 0.3) is 5.91 Å². The molecule has 0 unspecified atom stereocenters. The number of thiazole rings is 1. The fourth-order valence-corrected chi connectivity index (χ4v) is 5.07. The molecule has 0 aliphatic heterocycles. The highest BCUT2D eigenvalue weighted by Crippen LogP contribution is 2.28. The molecule has 0 atom stereocenters. The Balaban J connectivity index is 1.33. The van der Waals surface area contributed by atoms with Crippen LogP contribution in [-0.2, 0) is 4.79 Å². The van der Waals surface area contributed by atoms with E-state index in [1.165, 1.54) is 29.2 Å². The zero-order valence-corrected chi connectivity index (χ0v) is 21.5. The van der Waals surface area contributed by atoms with E-state index in [0.717, 1.165) is 21.9 Å². The molecule has 0 aliphatic rings. The van der Waals surface area contributed by atoms with Crippen LogP contribution in [0.2, 0.25) is 10.0 Å². The number of halogens is 2. The van der Waals surface area contributed by atoms with E-state index in [9.17, 15) is 9.59 Å². The maximum Gasteiger partial charge on any atom is 0.257 e. The number of thioether (sulfide) groups is 1. The first-order valence-corrected chi connectivity index (χ1v) is 12.9. The van der Waals surface area contributed by atoms with E-state index in [0.29, 0.717) is 21.4 Å². The van der Waals surface area contributed by atoms with E-state index < -0.39 is 0 Å². The molecule has 4 rings (SSSR count). The number of hydrogen-bond donors (Lipinski definition) is 2. The molecule has 0 saturated carbocycles. The molecule has 10 heteroatoms. The van der Waals surface area contributed by atoms with Gasteiger partial charge in [0.15, 0.2) is 5.13 Å². The third-order valence-corrected chi connectivity index (χ3v) is 7.05. The summed E-state index contributed by atoms with van der Waals surface area (Å²) in [4.78, 5) is 30.3. The number of benzene rings is 3. The Morgan fingerprint density at radius 3 is 2.66 bits per heavy atom. The normalized spacial score (nSPS) is 10.6. The number of aromatic nitrogens is 1. The van der Waals surface area contributed by atoms with E-state index in [4.69, 9.17) is 27.9 Å². The minimum Gasteiger partial charge on any atom is -0.497 e. The Kier molecular flexibility index (Phi) is 8.30. The number of amides is 2. The lowest BCUT2D eigenvalue weighted by atomic mass is 10.2. The molecule has 0 radical (unpaired) electrons. The van der Waals surface area contributed by atoms with Crippen LogP contribution in [0.25, 0.3) is 11.3 Å². The van der Waals surface area contributed by atoms with Crippen molar-refractivity contribution in [1.29, 1.82) is 0 Å². The van der Waals surface area contributed by atoms with Crippen LogP contribution >= 0.6 is 46.3 Å². The Morgan fingerprint density at radius 2 is 1.86 bits per heavy atom. The van der Waals surface area contributed by atoms with Crippen LogP contribution in [0.1, 0.15) is 10.4 Å². The summed E-state index contributed by atoms with van der Waals surface area (Å²) in [7, 11) is 1.61. The third-order valence-electron chi connectivity index (χ3n) is 4.75. The van der Waals surface area contributed by atoms with Gasteiger partial charge in [-0.2, -0.15) is 0 Å².